The van der Waals surface area contributed by atoms with Gasteiger partial charge in [-0.05, 0) is 50.2 Å². The molecule has 1 aliphatic rings. The molecule has 1 aliphatic heterocycles. The van der Waals surface area contributed by atoms with Gasteiger partial charge in [-0.3, -0.25) is 13.9 Å². The molecule has 1 fully saturated rings. The van der Waals surface area contributed by atoms with Crippen LogP contribution in [0.3, 0.4) is 0 Å². The van der Waals surface area contributed by atoms with Crippen LogP contribution in [-0.2, 0) is 34.0 Å². The summed E-state index contributed by atoms with van der Waals surface area (Å²) in [6, 6.07) is 7.80. The van der Waals surface area contributed by atoms with Crippen LogP contribution in [0.2, 0.25) is 5.02 Å². The summed E-state index contributed by atoms with van der Waals surface area (Å²) in [5.41, 5.74) is 2.74. The predicted octanol–water partition coefficient (Wildman–Crippen LogP) is 3.05. The molecule has 1 aromatic heterocycles. The fourth-order valence-electron chi connectivity index (χ4n) is 3.70. The maximum absolute atomic E-state index is 13.5. The number of nitrogens with zero attached hydrogens (tertiary/aromatic N) is 2. The number of carbonyl (C=O) groups is 1. The molecule has 43 heavy (non-hydrogen) atoms. The fourth-order valence-corrected chi connectivity index (χ4v) is 4.75. The van der Waals surface area contributed by atoms with E-state index in [9.17, 15) is 26.0 Å². The zero-order valence-electron chi connectivity index (χ0n) is 22.4. The van der Waals surface area contributed by atoms with Crippen molar-refractivity contribution in [3.63, 3.8) is 0 Å². The van der Waals surface area contributed by atoms with E-state index in [2.05, 4.69) is 29.5 Å². The molecule has 0 spiro atoms. The van der Waals surface area contributed by atoms with Crippen LogP contribution in [0.25, 0.3) is 10.9 Å². The molecule has 0 radical (unpaired) electrons. The highest BCUT2D eigenvalue weighted by atomic mass is 35.5. The minimum atomic E-state index is -5.12. The Balaban J connectivity index is 0.000000489. The first-order valence-corrected chi connectivity index (χ1v) is 15.3. The Kier molecular flexibility index (Phi) is 12.1. The van der Waals surface area contributed by atoms with Gasteiger partial charge in [0.05, 0.1) is 22.8 Å². The number of fused-ring (bicyclic) bond motifs is 1. The second kappa shape index (κ2) is 15.3. The van der Waals surface area contributed by atoms with E-state index in [4.69, 9.17) is 30.2 Å². The fraction of sp³-hybridized carbons (Fsp3) is 0.292. The van der Waals surface area contributed by atoms with Gasteiger partial charge < -0.3 is 25.4 Å². The number of hydrogen-bond donors (Lipinski definition) is 5. The minimum Gasteiger partial charge on any atom is -0.489 e. The Morgan fingerprint density at radius 2 is 1.79 bits per heavy atom. The molecule has 0 saturated carbocycles. The van der Waals surface area contributed by atoms with Gasteiger partial charge in [-0.15, -0.1) is 3.63 Å². The molecule has 3 aromatic rings. The van der Waals surface area contributed by atoms with E-state index in [1.807, 2.05) is 0 Å². The van der Waals surface area contributed by atoms with Crippen molar-refractivity contribution in [3.05, 3.63) is 59.1 Å². The van der Waals surface area contributed by atoms with Gasteiger partial charge in [0.2, 0.25) is 5.91 Å². The maximum Gasteiger partial charge on any atom is 0.413 e. The molecule has 5 N–H and O–H groups in total. The SMILES string of the molecule is COCCOc1cc2ncnc(Nc3ccc(F)c(Cl)c3)c2cc1NC(=O)C=C1CCNCC1.O=S(=O)(O)OS(=O)(=O)O. The van der Waals surface area contributed by atoms with Crippen LogP contribution in [0, 0.1) is 5.82 Å². The van der Waals surface area contributed by atoms with Gasteiger partial charge in [0, 0.05) is 30.3 Å². The van der Waals surface area contributed by atoms with Crippen LogP contribution in [-0.4, -0.2) is 75.2 Å². The number of benzene rings is 2. The molecular formula is C24H27ClFN5O10S2. The van der Waals surface area contributed by atoms with Crippen molar-refractivity contribution in [2.75, 3.05) is 44.0 Å². The topological polar surface area (TPSA) is 215 Å². The van der Waals surface area contributed by atoms with Crippen molar-refractivity contribution in [2.24, 2.45) is 0 Å². The number of aromatic nitrogens is 2. The van der Waals surface area contributed by atoms with Crippen molar-refractivity contribution in [3.8, 4) is 5.75 Å². The van der Waals surface area contributed by atoms with Gasteiger partial charge >= 0.3 is 20.8 Å². The molecule has 2 aromatic carbocycles. The molecule has 1 amide bonds. The van der Waals surface area contributed by atoms with Gasteiger partial charge in [-0.1, -0.05) is 17.2 Å². The van der Waals surface area contributed by atoms with Crippen LogP contribution in [0.15, 0.2) is 48.3 Å². The first-order chi connectivity index (χ1) is 20.2. The Morgan fingerprint density at radius 1 is 1.09 bits per heavy atom. The van der Waals surface area contributed by atoms with Gasteiger partial charge in [0.15, 0.2) is 0 Å². The van der Waals surface area contributed by atoms with Gasteiger partial charge in [-0.25, -0.2) is 14.4 Å². The summed E-state index contributed by atoms with van der Waals surface area (Å²) in [6.07, 6.45) is 4.73. The quantitative estimate of drug-likeness (QED) is 0.120. The molecule has 19 heteroatoms. The van der Waals surface area contributed by atoms with Crippen LogP contribution >= 0.6 is 11.6 Å². The second-order valence-corrected chi connectivity index (χ2v) is 11.3. The second-order valence-electron chi connectivity index (χ2n) is 8.65. The van der Waals surface area contributed by atoms with Crippen molar-refractivity contribution in [1.29, 1.82) is 0 Å². The monoisotopic (exact) mass is 663 g/mol. The maximum atomic E-state index is 13.5. The minimum absolute atomic E-state index is 0.00362. The van der Waals surface area contributed by atoms with E-state index in [0.29, 0.717) is 47.1 Å². The van der Waals surface area contributed by atoms with Crippen LogP contribution in [0.1, 0.15) is 12.8 Å². The van der Waals surface area contributed by atoms with Crippen molar-refractivity contribution in [2.45, 2.75) is 12.8 Å². The van der Waals surface area contributed by atoms with Gasteiger partial charge in [0.1, 0.15) is 30.3 Å². The van der Waals surface area contributed by atoms with E-state index in [-0.39, 0.29) is 10.9 Å². The molecule has 234 valence electrons. The number of halogens is 2. The standard InChI is InChI=1S/C24H25ClFN5O3.H2O7S2/c1-33-8-9-34-22-13-20-17(12-21(22)31-23(32)10-15-4-6-27-7-5-15)24(29-14-28-20)30-16-2-3-19(26)18(25)11-16;1-8(2,3)7-9(4,5)6/h2-3,10-14,27H,4-9H2,1H3,(H,31,32)(H,28,29,30);(H,1,2,3)(H,4,5,6). The smallest absolute Gasteiger partial charge is 0.413 e. The van der Waals surface area contributed by atoms with Crippen molar-refractivity contribution in [1.82, 2.24) is 15.3 Å². The molecule has 1 saturated heterocycles. The van der Waals surface area contributed by atoms with Crippen molar-refractivity contribution >= 4 is 66.4 Å². The van der Waals surface area contributed by atoms with Gasteiger partial charge in [-0.2, -0.15) is 16.8 Å². The number of ether oxygens (including phenoxy) is 2. The van der Waals surface area contributed by atoms with Crippen LogP contribution in [0.5, 0.6) is 5.75 Å². The predicted molar refractivity (Wildman–Crippen MR) is 155 cm³/mol. The molecule has 2 heterocycles. The highest BCUT2D eigenvalue weighted by molar-refractivity contribution is 7.94. The molecule has 4 rings (SSSR count). The number of hydrogen-bond acceptors (Lipinski definition) is 12. The third-order valence-electron chi connectivity index (χ3n) is 5.47. The zero-order chi connectivity index (χ0) is 31.6. The Hall–Kier alpha value is -3.49. The summed E-state index contributed by atoms with van der Waals surface area (Å²) in [5.74, 6) is 0.203. The van der Waals surface area contributed by atoms with Gasteiger partial charge in [0.25, 0.3) is 0 Å². The molecule has 0 bridgehead atoms. The highest BCUT2D eigenvalue weighted by Gasteiger charge is 2.16. The first kappa shape index (κ1) is 34.0. The number of amides is 1. The number of carbonyl (C=O) groups excluding carboxylic acids is 1. The number of nitrogens with one attached hydrogen (secondary N) is 3. The lowest BCUT2D eigenvalue weighted by Gasteiger charge is -2.16. The number of rotatable bonds is 10. The first-order valence-electron chi connectivity index (χ1n) is 12.2. The molecule has 0 aliphatic carbocycles. The summed E-state index contributed by atoms with van der Waals surface area (Å²) in [6.45, 7) is 2.42. The average molecular weight is 664 g/mol. The summed E-state index contributed by atoms with van der Waals surface area (Å²) >= 11 is 5.91. The Labute approximate surface area is 251 Å². The molecule has 0 unspecified atom stereocenters. The third kappa shape index (κ3) is 11.6. The lowest BCUT2D eigenvalue weighted by molar-refractivity contribution is -0.112. The summed E-state index contributed by atoms with van der Waals surface area (Å²) < 4.78 is 80.0. The van der Waals surface area contributed by atoms with Crippen molar-refractivity contribution < 1.29 is 48.2 Å². The molecular weight excluding hydrogens is 637 g/mol. The van der Waals surface area contributed by atoms with E-state index >= 15 is 0 Å². The van der Waals surface area contributed by atoms with Crippen LogP contribution in [0.4, 0.5) is 21.6 Å². The lowest BCUT2D eigenvalue weighted by atomic mass is 10.1. The largest absolute Gasteiger partial charge is 0.489 e. The Morgan fingerprint density at radius 3 is 2.40 bits per heavy atom. The number of methoxy groups -OCH3 is 1. The average Bonchev–Trinajstić information content (AvgIpc) is 2.90. The number of anilines is 3. The normalized spacial score (nSPS) is 13.6. The highest BCUT2D eigenvalue weighted by Crippen LogP contribution is 2.34. The summed E-state index contributed by atoms with van der Waals surface area (Å²) in [4.78, 5) is 21.4. The molecule has 15 nitrogen and oxygen atoms in total. The van der Waals surface area contributed by atoms with E-state index in [1.165, 1.54) is 18.5 Å². The lowest BCUT2D eigenvalue weighted by Crippen LogP contribution is -2.24. The Bertz CT molecular complexity index is 1670. The van der Waals surface area contributed by atoms with Crippen LogP contribution < -0.4 is 20.7 Å². The summed E-state index contributed by atoms with van der Waals surface area (Å²) in [7, 11) is -8.65. The molecule has 0 atom stereocenters. The van der Waals surface area contributed by atoms with E-state index in [0.717, 1.165) is 31.5 Å². The number of piperidine rings is 1. The summed E-state index contributed by atoms with van der Waals surface area (Å²) in [5, 5.41) is 9.98. The van der Waals surface area contributed by atoms with E-state index in [1.54, 1.807) is 31.4 Å². The zero-order valence-corrected chi connectivity index (χ0v) is 24.8. The third-order valence-corrected chi connectivity index (χ3v) is 7.14. The van der Waals surface area contributed by atoms with E-state index < -0.39 is 26.6 Å².